The summed E-state index contributed by atoms with van der Waals surface area (Å²) in [6.45, 7) is 7.22. The summed E-state index contributed by atoms with van der Waals surface area (Å²) in [5, 5.41) is 5.14. The van der Waals surface area contributed by atoms with E-state index in [1.54, 1.807) is 34.6 Å². The number of amides is 1. The van der Waals surface area contributed by atoms with Gasteiger partial charge in [0.05, 0.1) is 10.8 Å². The average molecular weight is 462 g/mol. The number of ketones is 1. The van der Waals surface area contributed by atoms with E-state index in [0.29, 0.717) is 23.5 Å². The van der Waals surface area contributed by atoms with Crippen molar-refractivity contribution in [3.63, 3.8) is 0 Å². The van der Waals surface area contributed by atoms with Gasteiger partial charge in [-0.05, 0) is 58.0 Å². The number of hydrogen-bond acceptors (Lipinski definition) is 6. The van der Waals surface area contributed by atoms with Crippen molar-refractivity contribution in [1.82, 2.24) is 9.47 Å². The predicted molar refractivity (Wildman–Crippen MR) is 117 cm³/mol. The van der Waals surface area contributed by atoms with Gasteiger partial charge in [-0.25, -0.2) is 13.6 Å². The molecule has 0 aliphatic carbocycles. The molecule has 1 saturated heterocycles. The third kappa shape index (κ3) is 4.76. The van der Waals surface area contributed by atoms with Crippen LogP contribution in [0.25, 0.3) is 5.69 Å². The molecule has 172 valence electrons. The van der Waals surface area contributed by atoms with Crippen LogP contribution in [0.15, 0.2) is 35.2 Å². The molecule has 0 spiro atoms. The van der Waals surface area contributed by atoms with Gasteiger partial charge in [0.1, 0.15) is 0 Å². The highest BCUT2D eigenvalue weighted by molar-refractivity contribution is 7.89. The molecule has 1 aliphatic rings. The van der Waals surface area contributed by atoms with E-state index in [2.05, 4.69) is 0 Å². The van der Waals surface area contributed by atoms with Crippen molar-refractivity contribution < 1.29 is 27.5 Å². The minimum Gasteiger partial charge on any atom is -0.457 e. The number of hydrogen-bond donors (Lipinski definition) is 1. The van der Waals surface area contributed by atoms with Gasteiger partial charge < -0.3 is 14.2 Å². The highest BCUT2D eigenvalue weighted by Crippen LogP contribution is 2.24. The van der Waals surface area contributed by atoms with Crippen molar-refractivity contribution >= 4 is 27.7 Å². The van der Waals surface area contributed by atoms with Crippen LogP contribution in [-0.4, -0.2) is 54.7 Å². The number of ether oxygens (including phenoxy) is 1. The van der Waals surface area contributed by atoms with Crippen molar-refractivity contribution in [2.45, 2.75) is 45.1 Å². The molecule has 0 saturated carbocycles. The Bertz CT molecular complexity index is 1170. The Morgan fingerprint density at radius 1 is 1.19 bits per heavy atom. The van der Waals surface area contributed by atoms with Crippen LogP contribution in [-0.2, 0) is 24.3 Å². The van der Waals surface area contributed by atoms with E-state index in [-0.39, 0.29) is 29.0 Å². The van der Waals surface area contributed by atoms with Crippen molar-refractivity contribution in [2.24, 2.45) is 11.1 Å². The van der Waals surface area contributed by atoms with Crippen molar-refractivity contribution in [1.29, 1.82) is 0 Å². The number of primary sulfonamides is 1. The topological polar surface area (TPSA) is 129 Å². The van der Waals surface area contributed by atoms with Crippen LogP contribution in [0.4, 0.5) is 0 Å². The van der Waals surface area contributed by atoms with E-state index in [0.717, 1.165) is 5.69 Å². The SMILES string of the molecule is Cc1cc(C(=O)COC(=O)C2CC(=O)N(C(C)C)C2)c(C)n1-c1ccc(S(N)(=O)=O)cc1. The molecule has 2 aromatic rings. The molecule has 1 aromatic carbocycles. The van der Waals surface area contributed by atoms with Crippen LogP contribution in [0.3, 0.4) is 0 Å². The van der Waals surface area contributed by atoms with Crippen molar-refractivity contribution in [3.05, 3.63) is 47.3 Å². The predicted octanol–water partition coefficient (Wildman–Crippen LogP) is 1.72. The Balaban J connectivity index is 1.71. The molecular weight excluding hydrogens is 434 g/mol. The van der Waals surface area contributed by atoms with E-state index in [1.165, 1.54) is 12.1 Å². The Kier molecular flexibility index (Phi) is 6.56. The second kappa shape index (κ2) is 8.87. The number of rotatable bonds is 7. The van der Waals surface area contributed by atoms with Crippen molar-refractivity contribution in [3.8, 4) is 5.69 Å². The van der Waals surface area contributed by atoms with Gasteiger partial charge in [-0.3, -0.25) is 14.4 Å². The molecule has 1 aliphatic heterocycles. The Morgan fingerprint density at radius 2 is 1.81 bits per heavy atom. The molecule has 2 heterocycles. The van der Waals surface area contributed by atoms with Gasteiger partial charge in [-0.1, -0.05) is 0 Å². The first-order valence-corrected chi connectivity index (χ1v) is 11.8. The van der Waals surface area contributed by atoms with Crippen LogP contribution < -0.4 is 5.14 Å². The Hall–Kier alpha value is -2.98. The van der Waals surface area contributed by atoms with Gasteiger partial charge in [0.15, 0.2) is 6.61 Å². The van der Waals surface area contributed by atoms with Gasteiger partial charge in [0.2, 0.25) is 21.7 Å². The minimum absolute atomic E-state index is 0.00588. The quantitative estimate of drug-likeness (QED) is 0.494. The van der Waals surface area contributed by atoms with Crippen LogP contribution in [0.2, 0.25) is 0 Å². The fraction of sp³-hybridized carbons (Fsp3) is 0.409. The average Bonchev–Trinajstić information content (AvgIpc) is 3.25. The standard InChI is InChI=1S/C22H27N3O6S/c1-13(2)24-11-16(10-21(24)27)22(28)31-12-20(26)19-9-14(3)25(15(19)4)17-5-7-18(8-6-17)32(23,29)30/h5-9,13,16H,10-12H2,1-4H3,(H2,23,29,30). The minimum atomic E-state index is -3.80. The lowest BCUT2D eigenvalue weighted by atomic mass is 10.1. The highest BCUT2D eigenvalue weighted by atomic mass is 32.2. The molecule has 1 unspecified atom stereocenters. The maximum atomic E-state index is 12.7. The number of nitrogens with two attached hydrogens (primary N) is 1. The fourth-order valence-corrected chi connectivity index (χ4v) is 4.46. The number of sulfonamides is 1. The maximum Gasteiger partial charge on any atom is 0.311 e. The number of esters is 1. The van der Waals surface area contributed by atoms with Crippen LogP contribution in [0, 0.1) is 19.8 Å². The summed E-state index contributed by atoms with van der Waals surface area (Å²) < 4.78 is 30.0. The summed E-state index contributed by atoms with van der Waals surface area (Å²) in [6, 6.07) is 7.70. The molecule has 1 atom stereocenters. The molecule has 1 aromatic heterocycles. The van der Waals surface area contributed by atoms with Crippen LogP contribution >= 0.6 is 0 Å². The Labute approximate surface area is 187 Å². The number of carbonyl (C=O) groups is 3. The second-order valence-corrected chi connectivity index (χ2v) is 9.79. The lowest BCUT2D eigenvalue weighted by Crippen LogP contribution is -2.33. The van der Waals surface area contributed by atoms with E-state index in [9.17, 15) is 22.8 Å². The third-order valence-corrected chi connectivity index (χ3v) is 6.54. The number of aryl methyl sites for hydroxylation is 1. The molecule has 1 fully saturated rings. The van der Waals surface area contributed by atoms with Gasteiger partial charge in [-0.15, -0.1) is 0 Å². The first-order chi connectivity index (χ1) is 14.9. The molecular formula is C22H27N3O6S. The summed E-state index contributed by atoms with van der Waals surface area (Å²) in [4.78, 5) is 38.7. The molecule has 0 bridgehead atoms. The lowest BCUT2D eigenvalue weighted by Gasteiger charge is -2.20. The van der Waals surface area contributed by atoms with E-state index < -0.39 is 28.5 Å². The third-order valence-electron chi connectivity index (χ3n) is 5.62. The molecule has 2 N–H and O–H groups in total. The number of benzene rings is 1. The van der Waals surface area contributed by atoms with Gasteiger partial charge in [0, 0.05) is 41.6 Å². The zero-order valence-electron chi connectivity index (χ0n) is 18.5. The first kappa shape index (κ1) is 23.7. The summed E-state index contributed by atoms with van der Waals surface area (Å²) in [5.74, 6) is -1.57. The normalized spacial score (nSPS) is 16.6. The molecule has 32 heavy (non-hydrogen) atoms. The van der Waals surface area contributed by atoms with Crippen LogP contribution in [0.5, 0.6) is 0 Å². The van der Waals surface area contributed by atoms with Gasteiger partial charge in [0.25, 0.3) is 0 Å². The Morgan fingerprint density at radius 3 is 2.34 bits per heavy atom. The smallest absolute Gasteiger partial charge is 0.311 e. The summed E-state index contributed by atoms with van der Waals surface area (Å²) >= 11 is 0. The number of aromatic nitrogens is 1. The van der Waals surface area contributed by atoms with Gasteiger partial charge >= 0.3 is 5.97 Å². The van der Waals surface area contributed by atoms with E-state index in [4.69, 9.17) is 9.88 Å². The number of carbonyl (C=O) groups excluding carboxylic acids is 3. The zero-order chi connectivity index (χ0) is 23.8. The summed E-state index contributed by atoms with van der Waals surface area (Å²) in [6.07, 6.45) is 0.0915. The van der Waals surface area contributed by atoms with Crippen molar-refractivity contribution in [2.75, 3.05) is 13.2 Å². The monoisotopic (exact) mass is 461 g/mol. The van der Waals surface area contributed by atoms with Gasteiger partial charge in [-0.2, -0.15) is 0 Å². The summed E-state index contributed by atoms with van der Waals surface area (Å²) in [5.41, 5.74) is 2.46. The first-order valence-electron chi connectivity index (χ1n) is 10.2. The maximum absolute atomic E-state index is 12.7. The fourth-order valence-electron chi connectivity index (χ4n) is 3.95. The number of likely N-dealkylation sites (tertiary alicyclic amines) is 1. The largest absolute Gasteiger partial charge is 0.457 e. The van der Waals surface area contributed by atoms with E-state index in [1.807, 2.05) is 20.8 Å². The highest BCUT2D eigenvalue weighted by Gasteiger charge is 2.36. The molecule has 3 rings (SSSR count). The second-order valence-electron chi connectivity index (χ2n) is 8.23. The molecule has 9 nitrogen and oxygen atoms in total. The summed E-state index contributed by atoms with van der Waals surface area (Å²) in [7, 11) is -3.80. The number of nitrogens with zero attached hydrogens (tertiary/aromatic N) is 2. The number of Topliss-reactive ketones (excluding diaryl/α,β-unsaturated/α-hetero) is 1. The molecule has 1 amide bonds. The zero-order valence-corrected chi connectivity index (χ0v) is 19.3. The molecule has 0 radical (unpaired) electrons. The lowest BCUT2D eigenvalue weighted by molar-refractivity contribution is -0.147. The molecule has 10 heteroatoms. The van der Waals surface area contributed by atoms with E-state index >= 15 is 0 Å². The van der Waals surface area contributed by atoms with Crippen LogP contribution in [0.1, 0.15) is 42.0 Å².